The molecule has 94 valence electrons. The Morgan fingerprint density at radius 1 is 1.00 bits per heavy atom. The van der Waals surface area contributed by atoms with E-state index in [4.69, 9.17) is 4.74 Å². The van der Waals surface area contributed by atoms with Crippen LogP contribution in [0.5, 0.6) is 0 Å². The van der Waals surface area contributed by atoms with Crippen molar-refractivity contribution in [3.05, 3.63) is 46.2 Å². The molecule has 3 heteroatoms. The van der Waals surface area contributed by atoms with Crippen molar-refractivity contribution in [1.82, 2.24) is 0 Å². The fourth-order valence-electron chi connectivity index (χ4n) is 2.55. The minimum Gasteiger partial charge on any atom is -0.430 e. The minimum atomic E-state index is -0.811. The molecule has 1 aromatic carbocycles. The molecule has 0 amide bonds. The van der Waals surface area contributed by atoms with Crippen LogP contribution in [-0.4, -0.2) is 11.8 Å². The van der Waals surface area contributed by atoms with Crippen molar-refractivity contribution in [3.63, 3.8) is 0 Å². The number of rotatable bonds is 1. The van der Waals surface area contributed by atoms with Gasteiger partial charge in [-0.1, -0.05) is 17.7 Å². The van der Waals surface area contributed by atoms with Crippen LogP contribution in [0.25, 0.3) is 0 Å². The van der Waals surface area contributed by atoms with Crippen LogP contribution in [0.15, 0.2) is 24.0 Å². The molecule has 0 N–H and O–H groups in total. The normalized spacial score (nSPS) is 19.6. The van der Waals surface area contributed by atoms with Gasteiger partial charge in [0.05, 0.1) is 0 Å². The molecule has 3 nitrogen and oxygen atoms in total. The van der Waals surface area contributed by atoms with E-state index in [0.29, 0.717) is 5.76 Å². The van der Waals surface area contributed by atoms with Crippen LogP contribution in [0.1, 0.15) is 35.1 Å². The number of allylic oxidation sites excluding steroid dienone is 2. The van der Waals surface area contributed by atoms with Gasteiger partial charge in [-0.3, -0.25) is 9.59 Å². The van der Waals surface area contributed by atoms with Gasteiger partial charge < -0.3 is 4.74 Å². The van der Waals surface area contributed by atoms with Crippen molar-refractivity contribution in [1.29, 1.82) is 0 Å². The van der Waals surface area contributed by atoms with E-state index in [-0.39, 0.29) is 5.78 Å². The molecule has 2 rings (SSSR count). The van der Waals surface area contributed by atoms with Gasteiger partial charge in [0, 0.05) is 6.08 Å². The summed E-state index contributed by atoms with van der Waals surface area (Å²) in [5.41, 5.74) is 3.81. The van der Waals surface area contributed by atoms with Gasteiger partial charge in [-0.2, -0.15) is 0 Å². The zero-order chi connectivity index (χ0) is 13.4. The molecule has 1 aliphatic rings. The first-order valence-electron chi connectivity index (χ1n) is 5.91. The average Bonchev–Trinajstić information content (AvgIpc) is 2.20. The first kappa shape index (κ1) is 12.6. The van der Waals surface area contributed by atoms with Gasteiger partial charge in [0.1, 0.15) is 11.7 Å². The highest BCUT2D eigenvalue weighted by atomic mass is 16.5. The number of hydrogen-bond donors (Lipinski definition) is 0. The predicted octanol–water partition coefficient (Wildman–Crippen LogP) is 2.73. The summed E-state index contributed by atoms with van der Waals surface area (Å²) in [6, 6.07) is 3.96. The number of aryl methyl sites for hydroxylation is 3. The molecule has 1 heterocycles. The molecule has 0 saturated heterocycles. The number of ether oxygens (including phenoxy) is 1. The quantitative estimate of drug-likeness (QED) is 0.563. The fourth-order valence-corrected chi connectivity index (χ4v) is 2.55. The summed E-state index contributed by atoms with van der Waals surface area (Å²) in [4.78, 5) is 23.9. The van der Waals surface area contributed by atoms with Gasteiger partial charge >= 0.3 is 5.97 Å². The summed E-state index contributed by atoms with van der Waals surface area (Å²) in [6.45, 7) is 7.44. The van der Waals surface area contributed by atoms with Crippen molar-refractivity contribution in [2.75, 3.05) is 0 Å². The molecule has 0 radical (unpaired) electrons. The summed E-state index contributed by atoms with van der Waals surface area (Å²) in [5.74, 6) is -1.12. The number of carbonyl (C=O) groups excluding carboxylic acids is 2. The lowest BCUT2D eigenvalue weighted by Crippen LogP contribution is -2.28. The molecule has 0 spiro atoms. The van der Waals surface area contributed by atoms with E-state index in [2.05, 4.69) is 0 Å². The molecule has 1 aliphatic heterocycles. The Labute approximate surface area is 106 Å². The topological polar surface area (TPSA) is 43.4 Å². The molecular formula is C15H16O3. The van der Waals surface area contributed by atoms with Crippen LogP contribution in [-0.2, 0) is 14.3 Å². The van der Waals surface area contributed by atoms with E-state index >= 15 is 0 Å². The molecule has 1 aromatic rings. The predicted molar refractivity (Wildman–Crippen MR) is 68.3 cm³/mol. The molecule has 0 aromatic heterocycles. The lowest BCUT2D eigenvalue weighted by atomic mass is 9.85. The molecule has 1 atom stereocenters. The van der Waals surface area contributed by atoms with Gasteiger partial charge in [-0.05, 0) is 44.4 Å². The fraction of sp³-hybridized carbons (Fsp3) is 0.333. The monoisotopic (exact) mass is 244 g/mol. The van der Waals surface area contributed by atoms with Crippen molar-refractivity contribution in [2.45, 2.75) is 33.6 Å². The Balaban J connectivity index is 2.56. The van der Waals surface area contributed by atoms with Crippen LogP contribution in [0.3, 0.4) is 0 Å². The highest BCUT2D eigenvalue weighted by Gasteiger charge is 2.34. The maximum absolute atomic E-state index is 12.0. The zero-order valence-electron chi connectivity index (χ0n) is 11.0. The first-order valence-corrected chi connectivity index (χ1v) is 5.91. The number of ketones is 1. The molecule has 0 bridgehead atoms. The summed E-state index contributed by atoms with van der Waals surface area (Å²) in [5, 5.41) is 0. The highest BCUT2D eigenvalue weighted by molar-refractivity contribution is 6.12. The van der Waals surface area contributed by atoms with Gasteiger partial charge in [0.25, 0.3) is 0 Å². The third-order valence-electron chi connectivity index (χ3n) is 3.15. The molecule has 18 heavy (non-hydrogen) atoms. The van der Waals surface area contributed by atoms with E-state index in [1.807, 2.05) is 32.9 Å². The minimum absolute atomic E-state index is 0.196. The van der Waals surface area contributed by atoms with E-state index in [9.17, 15) is 9.59 Å². The second-order valence-corrected chi connectivity index (χ2v) is 4.82. The van der Waals surface area contributed by atoms with Crippen LogP contribution in [0.4, 0.5) is 0 Å². The first-order chi connectivity index (χ1) is 8.40. The third-order valence-corrected chi connectivity index (χ3v) is 3.15. The van der Waals surface area contributed by atoms with Crippen LogP contribution < -0.4 is 0 Å². The van der Waals surface area contributed by atoms with Crippen LogP contribution in [0.2, 0.25) is 0 Å². The molecule has 1 unspecified atom stereocenters. The number of esters is 1. The Kier molecular flexibility index (Phi) is 3.07. The van der Waals surface area contributed by atoms with E-state index in [1.54, 1.807) is 6.92 Å². The Morgan fingerprint density at radius 2 is 1.56 bits per heavy atom. The molecule has 0 fully saturated rings. The van der Waals surface area contributed by atoms with Gasteiger partial charge in [-0.15, -0.1) is 0 Å². The Hall–Kier alpha value is -1.90. The van der Waals surface area contributed by atoms with Crippen LogP contribution in [0, 0.1) is 20.8 Å². The Morgan fingerprint density at radius 3 is 2.06 bits per heavy atom. The number of benzene rings is 1. The lowest BCUT2D eigenvalue weighted by Gasteiger charge is -2.22. The molecule has 0 aliphatic carbocycles. The Bertz CT molecular complexity index is 544. The molecular weight excluding hydrogens is 228 g/mol. The summed E-state index contributed by atoms with van der Waals surface area (Å²) in [7, 11) is 0. The van der Waals surface area contributed by atoms with Gasteiger partial charge in [0.15, 0.2) is 5.78 Å². The highest BCUT2D eigenvalue weighted by Crippen LogP contribution is 2.30. The third kappa shape index (κ3) is 2.08. The van der Waals surface area contributed by atoms with Crippen LogP contribution >= 0.6 is 0 Å². The number of cyclic esters (lactones) is 1. The lowest BCUT2D eigenvalue weighted by molar-refractivity contribution is -0.145. The van der Waals surface area contributed by atoms with Crippen molar-refractivity contribution >= 4 is 11.8 Å². The molecule has 0 saturated carbocycles. The van der Waals surface area contributed by atoms with Crippen molar-refractivity contribution in [2.24, 2.45) is 0 Å². The standard InChI is InChI=1S/C15H16O3/c1-8-5-9(2)13(10(3)6-8)14-12(16)7-11(4)18-15(14)17/h5-7,14H,1-4H3. The second kappa shape index (κ2) is 4.41. The number of hydrogen-bond acceptors (Lipinski definition) is 3. The smallest absolute Gasteiger partial charge is 0.326 e. The van der Waals surface area contributed by atoms with Crippen molar-refractivity contribution < 1.29 is 14.3 Å². The van der Waals surface area contributed by atoms with E-state index in [0.717, 1.165) is 22.3 Å². The SMILES string of the molecule is CC1=CC(=O)C(c2c(C)cc(C)cc2C)C(=O)O1. The van der Waals surface area contributed by atoms with Gasteiger partial charge in [-0.25, -0.2) is 0 Å². The van der Waals surface area contributed by atoms with Crippen molar-refractivity contribution in [3.8, 4) is 0 Å². The summed E-state index contributed by atoms with van der Waals surface area (Å²) < 4.78 is 5.07. The van der Waals surface area contributed by atoms with E-state index < -0.39 is 11.9 Å². The largest absolute Gasteiger partial charge is 0.430 e. The summed E-state index contributed by atoms with van der Waals surface area (Å²) in [6.07, 6.45) is 1.39. The average molecular weight is 244 g/mol. The van der Waals surface area contributed by atoms with E-state index in [1.165, 1.54) is 6.08 Å². The number of carbonyl (C=O) groups is 2. The second-order valence-electron chi connectivity index (χ2n) is 4.82. The van der Waals surface area contributed by atoms with Gasteiger partial charge in [0.2, 0.25) is 0 Å². The maximum atomic E-state index is 12.0. The summed E-state index contributed by atoms with van der Waals surface area (Å²) >= 11 is 0. The zero-order valence-corrected chi connectivity index (χ0v) is 11.0. The maximum Gasteiger partial charge on any atom is 0.326 e.